The van der Waals surface area contributed by atoms with Crippen molar-refractivity contribution in [3.63, 3.8) is 0 Å². The van der Waals surface area contributed by atoms with Crippen LogP contribution in [0.3, 0.4) is 0 Å². The summed E-state index contributed by atoms with van der Waals surface area (Å²) in [5, 5.41) is 13.6. The maximum Gasteiger partial charge on any atom is 0.227 e. The first-order valence-electron chi connectivity index (χ1n) is 20.9. The number of thiophene rings is 1. The Hall–Kier alpha value is -3.65. The molecule has 4 aromatic rings. The second-order valence-electron chi connectivity index (χ2n) is 14.1. The van der Waals surface area contributed by atoms with E-state index in [2.05, 4.69) is 29.4 Å². The van der Waals surface area contributed by atoms with Gasteiger partial charge in [-0.1, -0.05) is 35.9 Å². The molecule has 0 bridgehead atoms. The third-order valence-electron chi connectivity index (χ3n) is 9.59. The van der Waals surface area contributed by atoms with Gasteiger partial charge in [0.25, 0.3) is 0 Å². The van der Waals surface area contributed by atoms with E-state index in [0.29, 0.717) is 123 Å². The van der Waals surface area contributed by atoms with Gasteiger partial charge in [-0.05, 0) is 69.0 Å². The molecule has 5 rings (SSSR count). The van der Waals surface area contributed by atoms with E-state index in [9.17, 15) is 4.79 Å². The van der Waals surface area contributed by atoms with E-state index in [1.54, 1.807) is 11.3 Å². The average molecular weight is 886 g/mol. The molecule has 1 amide bonds. The number of aromatic nitrogens is 3. The number of hydrogen-bond donors (Lipinski definition) is 2. The third-order valence-corrected chi connectivity index (χ3v) is 11.0. The monoisotopic (exact) mass is 884 g/mol. The Kier molecular flexibility index (Phi) is 21.7. The van der Waals surface area contributed by atoms with Crippen LogP contribution in [0.25, 0.3) is 5.00 Å². The molecule has 0 fully saturated rings. The maximum absolute atomic E-state index is 13.5. The van der Waals surface area contributed by atoms with Crippen LogP contribution in [0.2, 0.25) is 5.02 Å². The average Bonchev–Trinajstić information content (AvgIpc) is 3.74. The fourth-order valence-corrected chi connectivity index (χ4v) is 7.72. The molecule has 2 aromatic carbocycles. The molecule has 3 heterocycles. The highest BCUT2D eigenvalue weighted by molar-refractivity contribution is 7.15. The molecule has 0 aliphatic carbocycles. The summed E-state index contributed by atoms with van der Waals surface area (Å²) >= 11 is 7.93. The quantitative estimate of drug-likeness (QED) is 0.0579. The van der Waals surface area contributed by atoms with E-state index in [1.165, 1.54) is 4.88 Å². The van der Waals surface area contributed by atoms with Gasteiger partial charge in [-0.3, -0.25) is 14.4 Å². The zero-order valence-electron chi connectivity index (χ0n) is 35.7. The van der Waals surface area contributed by atoms with Gasteiger partial charge in [0.05, 0.1) is 111 Å². The van der Waals surface area contributed by atoms with Crippen molar-refractivity contribution in [1.29, 1.82) is 0 Å². The van der Waals surface area contributed by atoms with E-state index >= 15 is 0 Å². The molecule has 1 atom stereocenters. The molecule has 0 saturated carbocycles. The van der Waals surface area contributed by atoms with Gasteiger partial charge in [0, 0.05) is 39.9 Å². The van der Waals surface area contributed by atoms with Gasteiger partial charge in [-0.25, -0.2) is 0 Å². The van der Waals surface area contributed by atoms with Gasteiger partial charge >= 0.3 is 0 Å². The highest BCUT2D eigenvalue weighted by Gasteiger charge is 2.32. The molecule has 1 aliphatic rings. The first-order valence-corrected chi connectivity index (χ1v) is 22.1. The van der Waals surface area contributed by atoms with Crippen molar-refractivity contribution in [2.45, 2.75) is 46.1 Å². The minimum atomic E-state index is -0.542. The summed E-state index contributed by atoms with van der Waals surface area (Å²) in [4.78, 5) is 19.9. The highest BCUT2D eigenvalue weighted by atomic mass is 35.5. The lowest BCUT2D eigenvalue weighted by molar-refractivity contribution is -0.116. The Morgan fingerprint density at radius 1 is 0.705 bits per heavy atom. The fraction of sp³-hybridized carbons (Fsp3) is 0.545. The lowest BCUT2D eigenvalue weighted by Crippen LogP contribution is -2.17. The number of amides is 1. The summed E-state index contributed by atoms with van der Waals surface area (Å²) in [5.41, 5.74) is 11.2. The molecular weight excluding hydrogens is 824 g/mol. The van der Waals surface area contributed by atoms with Gasteiger partial charge in [0.1, 0.15) is 16.9 Å². The number of rotatable bonds is 31. The van der Waals surface area contributed by atoms with Crippen molar-refractivity contribution < 1.29 is 42.7 Å². The zero-order valence-corrected chi connectivity index (χ0v) is 37.2. The van der Waals surface area contributed by atoms with Crippen molar-refractivity contribution in [3.05, 3.63) is 92.3 Å². The number of nitrogens with two attached hydrogens (primary N) is 1. The van der Waals surface area contributed by atoms with Gasteiger partial charge in [0.2, 0.25) is 5.91 Å². The molecule has 15 nitrogen and oxygen atoms in total. The van der Waals surface area contributed by atoms with E-state index in [4.69, 9.17) is 60.2 Å². The van der Waals surface area contributed by atoms with Crippen molar-refractivity contribution in [2.24, 2.45) is 10.7 Å². The number of aliphatic imine (C=N–C) groups is 1. The number of fused-ring (bicyclic) bond motifs is 3. The van der Waals surface area contributed by atoms with Crippen LogP contribution in [0.5, 0.6) is 0 Å². The lowest BCUT2D eigenvalue weighted by Gasteiger charge is -2.13. The number of anilines is 1. The predicted molar refractivity (Wildman–Crippen MR) is 237 cm³/mol. The van der Waals surface area contributed by atoms with Crippen LogP contribution in [0.1, 0.15) is 57.7 Å². The fourth-order valence-electron chi connectivity index (χ4n) is 6.38. The minimum Gasteiger partial charge on any atom is -0.379 e. The molecule has 0 radical (unpaired) electrons. The van der Waals surface area contributed by atoms with Crippen LogP contribution >= 0.6 is 22.9 Å². The molecule has 61 heavy (non-hydrogen) atoms. The van der Waals surface area contributed by atoms with Crippen LogP contribution in [-0.4, -0.2) is 139 Å². The standard InChI is InChI=1S/C44H61ClN6O9S/c1-32-33(2)61-44-41(32)42(36-8-10-37(45)11-9-36)48-39(43-50-49-34(3)51(43)44)31-40(52)47-38-12-6-35(7-13-38)5-4-15-53-17-19-55-21-23-57-25-27-59-29-30-60-28-26-58-24-22-56-20-18-54-16-14-46/h6-13,39H,4-5,14-31,46H2,1-3H3,(H,47,52). The van der Waals surface area contributed by atoms with Crippen LogP contribution in [0.15, 0.2) is 53.5 Å². The number of halogens is 1. The summed E-state index contributed by atoms with van der Waals surface area (Å²) in [6.45, 7) is 15.0. The normalized spacial score (nSPS) is 13.5. The number of carbonyl (C=O) groups excluding carboxylic acids is 1. The van der Waals surface area contributed by atoms with Gasteiger partial charge < -0.3 is 48.9 Å². The number of nitrogens with zero attached hydrogens (tertiary/aromatic N) is 4. The molecule has 334 valence electrons. The summed E-state index contributed by atoms with van der Waals surface area (Å²) in [6.07, 6.45) is 1.83. The molecular formula is C44H61ClN6O9S. The lowest BCUT2D eigenvalue weighted by atomic mass is 9.99. The number of nitrogens with one attached hydrogen (secondary N) is 1. The Labute approximate surface area is 368 Å². The Balaban J connectivity index is 0.890. The highest BCUT2D eigenvalue weighted by Crippen LogP contribution is 2.39. The van der Waals surface area contributed by atoms with Crippen molar-refractivity contribution in [1.82, 2.24) is 14.8 Å². The van der Waals surface area contributed by atoms with Crippen LogP contribution in [0, 0.1) is 20.8 Å². The van der Waals surface area contributed by atoms with Gasteiger partial charge in [0.15, 0.2) is 5.82 Å². The topological polar surface area (TPSA) is 172 Å². The second kappa shape index (κ2) is 27.4. The van der Waals surface area contributed by atoms with Crippen molar-refractivity contribution in [2.75, 3.05) is 118 Å². The molecule has 0 saturated heterocycles. The minimum absolute atomic E-state index is 0.105. The van der Waals surface area contributed by atoms with Crippen molar-refractivity contribution in [3.8, 4) is 5.00 Å². The molecule has 1 aliphatic heterocycles. The number of benzene rings is 2. The van der Waals surface area contributed by atoms with Gasteiger partial charge in [-0.15, -0.1) is 21.5 Å². The van der Waals surface area contributed by atoms with Crippen molar-refractivity contribution >= 4 is 40.2 Å². The molecule has 0 spiro atoms. The van der Waals surface area contributed by atoms with E-state index in [1.807, 2.05) is 60.0 Å². The molecule has 1 unspecified atom stereocenters. The Morgan fingerprint density at radius 3 is 1.74 bits per heavy atom. The first-order chi connectivity index (χ1) is 29.9. The summed E-state index contributed by atoms with van der Waals surface area (Å²) < 4.78 is 46.0. The number of carbonyl (C=O) groups is 1. The van der Waals surface area contributed by atoms with Crippen LogP contribution < -0.4 is 11.1 Å². The zero-order chi connectivity index (χ0) is 43.1. The smallest absolute Gasteiger partial charge is 0.227 e. The Morgan fingerprint density at radius 2 is 1.21 bits per heavy atom. The third kappa shape index (κ3) is 16.2. The predicted octanol–water partition coefficient (Wildman–Crippen LogP) is 5.85. The summed E-state index contributed by atoms with van der Waals surface area (Å²) in [6, 6.07) is 15.0. The largest absolute Gasteiger partial charge is 0.379 e. The van der Waals surface area contributed by atoms with E-state index in [0.717, 1.165) is 57.3 Å². The summed E-state index contributed by atoms with van der Waals surface area (Å²) in [5.74, 6) is 1.24. The Bertz CT molecular complexity index is 1910. The molecule has 2 aromatic heterocycles. The van der Waals surface area contributed by atoms with Gasteiger partial charge in [-0.2, -0.15) is 0 Å². The molecule has 17 heteroatoms. The second-order valence-corrected chi connectivity index (χ2v) is 15.8. The van der Waals surface area contributed by atoms with Crippen LogP contribution in [0.4, 0.5) is 5.69 Å². The number of aryl methyl sites for hydroxylation is 3. The first kappa shape index (κ1) is 48.4. The number of hydrogen-bond acceptors (Lipinski definition) is 14. The molecule has 3 N–H and O–H groups in total. The summed E-state index contributed by atoms with van der Waals surface area (Å²) in [7, 11) is 0. The van der Waals surface area contributed by atoms with E-state index in [-0.39, 0.29) is 12.3 Å². The number of ether oxygens (including phenoxy) is 8. The maximum atomic E-state index is 13.5. The van der Waals surface area contributed by atoms with Crippen LogP contribution in [-0.2, 0) is 49.1 Å². The SMILES string of the molecule is Cc1sc2c(c1C)C(c1ccc(Cl)cc1)=NC(CC(=O)Nc1ccc(CCCOCCOCCOCCOCCOCCOCCOCCOCCN)cc1)c1nnc(C)n1-2. The van der Waals surface area contributed by atoms with E-state index < -0.39 is 6.04 Å².